The van der Waals surface area contributed by atoms with E-state index >= 15 is 0 Å². The summed E-state index contributed by atoms with van der Waals surface area (Å²) in [6.45, 7) is 6.66. The molecule has 1 aliphatic rings. The molecule has 1 N–H and O–H groups in total. The third-order valence-electron chi connectivity index (χ3n) is 2.69. The third-order valence-corrected chi connectivity index (χ3v) is 2.69. The lowest BCUT2D eigenvalue weighted by atomic mass is 10.1. The summed E-state index contributed by atoms with van der Waals surface area (Å²) in [5.41, 5.74) is 0. The van der Waals surface area contributed by atoms with Crippen molar-refractivity contribution in [2.75, 3.05) is 47.1 Å². The summed E-state index contributed by atoms with van der Waals surface area (Å²) in [5.74, 6) is 0. The molecule has 2 unspecified atom stereocenters. The first kappa shape index (κ1) is 11.9. The molecular weight excluding hydrogens is 180 g/mol. The molecule has 0 saturated carbocycles. The first-order chi connectivity index (χ1) is 6.79. The van der Waals surface area contributed by atoms with Crippen LogP contribution in [0.1, 0.15) is 6.92 Å². The van der Waals surface area contributed by atoms with Gasteiger partial charge in [0.25, 0.3) is 0 Å². The van der Waals surface area contributed by atoms with E-state index in [0.717, 1.165) is 32.9 Å². The van der Waals surface area contributed by atoms with Crippen molar-refractivity contribution in [1.82, 2.24) is 10.2 Å². The smallest absolute Gasteiger partial charge is 0.0635 e. The predicted octanol–water partition coefficient (Wildman–Crippen LogP) is -0.0585. The lowest BCUT2D eigenvalue weighted by molar-refractivity contribution is -0.0383. The summed E-state index contributed by atoms with van der Waals surface area (Å²) in [7, 11) is 3.73. The second-order valence-electron chi connectivity index (χ2n) is 3.83. The molecule has 84 valence electrons. The van der Waals surface area contributed by atoms with Crippen molar-refractivity contribution in [1.29, 1.82) is 0 Å². The minimum atomic E-state index is 0.474. The number of hydrogen-bond acceptors (Lipinski definition) is 4. The van der Waals surface area contributed by atoms with Crippen LogP contribution in [0.15, 0.2) is 0 Å². The predicted molar refractivity (Wildman–Crippen MR) is 56.6 cm³/mol. The molecule has 1 aliphatic heterocycles. The molecule has 0 aromatic heterocycles. The molecule has 1 heterocycles. The van der Waals surface area contributed by atoms with Crippen LogP contribution in [0.4, 0.5) is 0 Å². The molecule has 4 nitrogen and oxygen atoms in total. The Hall–Kier alpha value is -0.160. The average Bonchev–Trinajstić information content (AvgIpc) is 2.19. The minimum absolute atomic E-state index is 0.474. The van der Waals surface area contributed by atoms with E-state index in [2.05, 4.69) is 17.1 Å². The zero-order valence-corrected chi connectivity index (χ0v) is 9.45. The van der Waals surface area contributed by atoms with E-state index in [1.165, 1.54) is 0 Å². The Labute approximate surface area is 86.6 Å². The van der Waals surface area contributed by atoms with Gasteiger partial charge in [0.1, 0.15) is 0 Å². The van der Waals surface area contributed by atoms with Gasteiger partial charge in [0.2, 0.25) is 0 Å². The van der Waals surface area contributed by atoms with Crippen LogP contribution < -0.4 is 5.32 Å². The van der Waals surface area contributed by atoms with Crippen LogP contribution in [0.3, 0.4) is 0 Å². The van der Waals surface area contributed by atoms with Gasteiger partial charge in [0.15, 0.2) is 0 Å². The zero-order chi connectivity index (χ0) is 10.4. The standard InChI is InChI=1S/C10H22N2O2/c1-9(7-13-3)12-4-5-14-8-10(12)6-11-2/h9-11H,4-8H2,1-3H3. The van der Waals surface area contributed by atoms with Crippen molar-refractivity contribution in [3.05, 3.63) is 0 Å². The Kier molecular flexibility index (Phi) is 5.40. The number of rotatable bonds is 5. The van der Waals surface area contributed by atoms with Gasteiger partial charge in [-0.3, -0.25) is 4.90 Å². The SMILES string of the molecule is CNCC1COCCN1C(C)COC. The summed E-state index contributed by atoms with van der Waals surface area (Å²) in [4.78, 5) is 2.46. The van der Waals surface area contributed by atoms with Gasteiger partial charge in [0.05, 0.1) is 19.8 Å². The second-order valence-corrected chi connectivity index (χ2v) is 3.83. The van der Waals surface area contributed by atoms with Crippen LogP contribution in [0.2, 0.25) is 0 Å². The van der Waals surface area contributed by atoms with Gasteiger partial charge < -0.3 is 14.8 Å². The summed E-state index contributed by atoms with van der Waals surface area (Å²) in [5, 5.41) is 3.20. The molecule has 0 aromatic carbocycles. The Morgan fingerprint density at radius 3 is 3.07 bits per heavy atom. The number of morpholine rings is 1. The topological polar surface area (TPSA) is 33.7 Å². The first-order valence-corrected chi connectivity index (χ1v) is 5.26. The molecule has 0 spiro atoms. The molecular formula is C10H22N2O2. The fraction of sp³-hybridized carbons (Fsp3) is 1.00. The van der Waals surface area contributed by atoms with E-state index < -0.39 is 0 Å². The van der Waals surface area contributed by atoms with Gasteiger partial charge in [-0.1, -0.05) is 0 Å². The van der Waals surface area contributed by atoms with E-state index in [0.29, 0.717) is 12.1 Å². The van der Waals surface area contributed by atoms with Gasteiger partial charge >= 0.3 is 0 Å². The Morgan fingerprint density at radius 2 is 2.43 bits per heavy atom. The fourth-order valence-corrected chi connectivity index (χ4v) is 2.00. The molecule has 1 rings (SSSR count). The van der Waals surface area contributed by atoms with Crippen LogP contribution in [-0.4, -0.2) is 64.1 Å². The van der Waals surface area contributed by atoms with Crippen LogP contribution in [0, 0.1) is 0 Å². The molecule has 0 amide bonds. The van der Waals surface area contributed by atoms with E-state index in [4.69, 9.17) is 9.47 Å². The molecule has 0 aromatic rings. The van der Waals surface area contributed by atoms with Crippen LogP contribution >= 0.6 is 0 Å². The number of ether oxygens (including phenoxy) is 2. The van der Waals surface area contributed by atoms with Gasteiger partial charge in [-0.2, -0.15) is 0 Å². The van der Waals surface area contributed by atoms with Crippen molar-refractivity contribution >= 4 is 0 Å². The van der Waals surface area contributed by atoms with Crippen LogP contribution in [-0.2, 0) is 9.47 Å². The number of hydrogen-bond donors (Lipinski definition) is 1. The summed E-state index contributed by atoms with van der Waals surface area (Å²) in [6.07, 6.45) is 0. The normalized spacial score (nSPS) is 26.4. The molecule has 1 saturated heterocycles. The number of nitrogens with one attached hydrogen (secondary N) is 1. The highest BCUT2D eigenvalue weighted by Gasteiger charge is 2.26. The maximum absolute atomic E-state index is 5.47. The average molecular weight is 202 g/mol. The Morgan fingerprint density at radius 1 is 1.64 bits per heavy atom. The molecule has 0 aliphatic carbocycles. The highest BCUT2D eigenvalue weighted by Crippen LogP contribution is 2.10. The number of nitrogens with zero attached hydrogens (tertiary/aromatic N) is 1. The quantitative estimate of drug-likeness (QED) is 0.677. The van der Waals surface area contributed by atoms with Crippen molar-refractivity contribution in [2.24, 2.45) is 0 Å². The molecule has 4 heteroatoms. The highest BCUT2D eigenvalue weighted by molar-refractivity contribution is 4.80. The molecule has 0 radical (unpaired) electrons. The van der Waals surface area contributed by atoms with Crippen molar-refractivity contribution in [3.8, 4) is 0 Å². The summed E-state index contributed by atoms with van der Waals surface area (Å²) < 4.78 is 10.7. The largest absolute Gasteiger partial charge is 0.383 e. The fourth-order valence-electron chi connectivity index (χ4n) is 2.00. The molecule has 0 bridgehead atoms. The van der Waals surface area contributed by atoms with Crippen molar-refractivity contribution in [2.45, 2.75) is 19.0 Å². The van der Waals surface area contributed by atoms with Gasteiger partial charge in [-0.15, -0.1) is 0 Å². The summed E-state index contributed by atoms with van der Waals surface area (Å²) >= 11 is 0. The number of likely N-dealkylation sites (N-methyl/N-ethyl adjacent to an activating group) is 1. The molecule has 14 heavy (non-hydrogen) atoms. The Balaban J connectivity index is 2.44. The molecule has 2 atom stereocenters. The minimum Gasteiger partial charge on any atom is -0.383 e. The van der Waals surface area contributed by atoms with E-state index in [-0.39, 0.29) is 0 Å². The summed E-state index contributed by atoms with van der Waals surface area (Å²) in [6, 6.07) is 0.959. The third kappa shape index (κ3) is 3.20. The maximum Gasteiger partial charge on any atom is 0.0635 e. The van der Waals surface area contributed by atoms with E-state index in [1.807, 2.05) is 7.05 Å². The van der Waals surface area contributed by atoms with Crippen LogP contribution in [0.5, 0.6) is 0 Å². The van der Waals surface area contributed by atoms with Crippen molar-refractivity contribution in [3.63, 3.8) is 0 Å². The first-order valence-electron chi connectivity index (χ1n) is 5.26. The van der Waals surface area contributed by atoms with E-state index in [1.54, 1.807) is 7.11 Å². The lowest BCUT2D eigenvalue weighted by Gasteiger charge is -2.39. The van der Waals surface area contributed by atoms with E-state index in [9.17, 15) is 0 Å². The van der Waals surface area contributed by atoms with Crippen molar-refractivity contribution < 1.29 is 9.47 Å². The van der Waals surface area contributed by atoms with Gasteiger partial charge in [-0.25, -0.2) is 0 Å². The van der Waals surface area contributed by atoms with Gasteiger partial charge in [-0.05, 0) is 14.0 Å². The monoisotopic (exact) mass is 202 g/mol. The maximum atomic E-state index is 5.47. The second kappa shape index (κ2) is 6.35. The number of methoxy groups -OCH3 is 1. The highest BCUT2D eigenvalue weighted by atomic mass is 16.5. The molecule has 1 fully saturated rings. The Bertz CT molecular complexity index is 153. The van der Waals surface area contributed by atoms with Crippen LogP contribution in [0.25, 0.3) is 0 Å². The zero-order valence-electron chi connectivity index (χ0n) is 9.45. The van der Waals surface area contributed by atoms with Gasteiger partial charge in [0, 0.05) is 32.3 Å². The lowest BCUT2D eigenvalue weighted by Crippen LogP contribution is -2.54.